The van der Waals surface area contributed by atoms with Crippen molar-refractivity contribution in [3.8, 4) is 11.3 Å². The topological polar surface area (TPSA) is 17.8 Å². The number of hydrogen-bond donors (Lipinski definition) is 0. The van der Waals surface area contributed by atoms with Crippen LogP contribution in [-0.2, 0) is 0 Å². The molecule has 2 aromatic rings. The molecule has 0 fully saturated rings. The fraction of sp³-hybridized carbons (Fsp3) is 0.308. The van der Waals surface area contributed by atoms with Gasteiger partial charge in [0.15, 0.2) is 0 Å². The van der Waals surface area contributed by atoms with Crippen LogP contribution in [0.25, 0.3) is 11.3 Å². The summed E-state index contributed by atoms with van der Waals surface area (Å²) in [4.78, 5) is 0. The molecular weight excluding hydrogens is 260 g/mol. The molecule has 0 unspecified atom stereocenters. The van der Waals surface area contributed by atoms with Crippen LogP contribution in [0.4, 0.5) is 17.6 Å². The van der Waals surface area contributed by atoms with Gasteiger partial charge in [-0.2, -0.15) is 5.10 Å². The normalized spacial score (nSPS) is 11.6. The van der Waals surface area contributed by atoms with Gasteiger partial charge in [0.05, 0.1) is 5.56 Å². The molecule has 0 radical (unpaired) electrons. The Balaban J connectivity index is 2.59. The minimum atomic E-state index is -2.76. The lowest BCUT2D eigenvalue weighted by Crippen LogP contribution is -2.00. The zero-order valence-corrected chi connectivity index (χ0v) is 10.4. The van der Waals surface area contributed by atoms with Crippen LogP contribution >= 0.6 is 0 Å². The largest absolute Gasteiger partial charge is 0.269 e. The highest BCUT2D eigenvalue weighted by Crippen LogP contribution is 2.31. The zero-order chi connectivity index (χ0) is 14.2. The van der Waals surface area contributed by atoms with Crippen LogP contribution in [0.1, 0.15) is 31.9 Å². The van der Waals surface area contributed by atoms with Crippen molar-refractivity contribution in [1.29, 1.82) is 0 Å². The number of benzene rings is 1. The van der Waals surface area contributed by atoms with E-state index in [1.165, 1.54) is 10.9 Å². The van der Waals surface area contributed by atoms with Crippen LogP contribution in [-0.4, -0.2) is 9.78 Å². The first-order chi connectivity index (χ1) is 8.88. The molecule has 0 saturated heterocycles. The summed E-state index contributed by atoms with van der Waals surface area (Å²) in [6, 6.07) is 2.54. The second kappa shape index (κ2) is 5.03. The number of rotatable bonds is 3. The summed E-state index contributed by atoms with van der Waals surface area (Å²) in [6.07, 6.45) is -1.55. The molecule has 0 spiro atoms. The fourth-order valence-corrected chi connectivity index (χ4v) is 1.74. The van der Waals surface area contributed by atoms with Gasteiger partial charge < -0.3 is 0 Å². The van der Waals surface area contributed by atoms with Crippen LogP contribution in [0.5, 0.6) is 0 Å². The minimum Gasteiger partial charge on any atom is -0.269 e. The van der Waals surface area contributed by atoms with Crippen LogP contribution in [0.15, 0.2) is 24.4 Å². The molecule has 2 nitrogen and oxygen atoms in total. The lowest BCUT2D eigenvalue weighted by molar-refractivity contribution is 0.152. The molecule has 6 heteroatoms. The minimum absolute atomic E-state index is 0.00667. The summed E-state index contributed by atoms with van der Waals surface area (Å²) in [5, 5.41) is 3.99. The van der Waals surface area contributed by atoms with E-state index in [9.17, 15) is 17.6 Å². The molecule has 0 aliphatic rings. The van der Waals surface area contributed by atoms with Crippen molar-refractivity contribution < 1.29 is 17.6 Å². The van der Waals surface area contributed by atoms with Crippen LogP contribution in [0.2, 0.25) is 0 Å². The number of aromatic nitrogens is 2. The van der Waals surface area contributed by atoms with Gasteiger partial charge in [0.25, 0.3) is 6.43 Å². The Labute approximate surface area is 107 Å². The highest BCUT2D eigenvalue weighted by molar-refractivity contribution is 5.63. The van der Waals surface area contributed by atoms with E-state index in [2.05, 4.69) is 5.10 Å². The maximum absolute atomic E-state index is 13.1. The van der Waals surface area contributed by atoms with E-state index < -0.39 is 18.1 Å². The van der Waals surface area contributed by atoms with E-state index in [0.717, 1.165) is 12.1 Å². The van der Waals surface area contributed by atoms with E-state index in [0.29, 0.717) is 6.07 Å². The van der Waals surface area contributed by atoms with Gasteiger partial charge in [-0.1, -0.05) is 0 Å². The van der Waals surface area contributed by atoms with Gasteiger partial charge in [0.2, 0.25) is 0 Å². The molecule has 102 valence electrons. The van der Waals surface area contributed by atoms with Gasteiger partial charge in [0, 0.05) is 23.9 Å². The smallest absolute Gasteiger partial charge is 0.267 e. The van der Waals surface area contributed by atoms with Crippen molar-refractivity contribution in [2.24, 2.45) is 0 Å². The van der Waals surface area contributed by atoms with Crippen molar-refractivity contribution >= 4 is 0 Å². The molecule has 1 aromatic heterocycles. The lowest BCUT2D eigenvalue weighted by atomic mass is 10.1. The van der Waals surface area contributed by atoms with E-state index in [4.69, 9.17) is 0 Å². The van der Waals surface area contributed by atoms with Crippen molar-refractivity contribution in [2.75, 3.05) is 0 Å². The number of hydrogen-bond acceptors (Lipinski definition) is 1. The second-order valence-corrected chi connectivity index (χ2v) is 4.47. The third kappa shape index (κ3) is 2.77. The maximum Gasteiger partial charge on any atom is 0.267 e. The first kappa shape index (κ1) is 13.6. The van der Waals surface area contributed by atoms with Crippen molar-refractivity contribution in [2.45, 2.75) is 26.3 Å². The average molecular weight is 272 g/mol. The Kier molecular flexibility index (Phi) is 3.59. The predicted octanol–water partition coefficient (Wildman–Crippen LogP) is 4.35. The van der Waals surface area contributed by atoms with Crippen LogP contribution in [0.3, 0.4) is 0 Å². The van der Waals surface area contributed by atoms with E-state index in [-0.39, 0.29) is 22.9 Å². The van der Waals surface area contributed by atoms with Gasteiger partial charge in [0.1, 0.15) is 17.3 Å². The summed E-state index contributed by atoms with van der Waals surface area (Å²) in [5.41, 5.74) is -0.423. The highest BCUT2D eigenvalue weighted by atomic mass is 19.3. The summed E-state index contributed by atoms with van der Waals surface area (Å²) < 4.78 is 53.5. The molecule has 0 amide bonds. The predicted molar refractivity (Wildman–Crippen MR) is 62.9 cm³/mol. The molecular formula is C13H12F4N2. The molecule has 0 bridgehead atoms. The van der Waals surface area contributed by atoms with Gasteiger partial charge in [-0.25, -0.2) is 17.6 Å². The van der Waals surface area contributed by atoms with E-state index >= 15 is 0 Å². The zero-order valence-electron chi connectivity index (χ0n) is 10.4. The SMILES string of the molecule is CC(C)n1cc(C(F)F)c(-c2cc(F)cc(F)c2)n1. The lowest BCUT2D eigenvalue weighted by Gasteiger charge is -2.04. The molecule has 2 rings (SSSR count). The summed E-state index contributed by atoms with van der Waals surface area (Å²) >= 11 is 0. The molecule has 1 heterocycles. The second-order valence-electron chi connectivity index (χ2n) is 4.47. The van der Waals surface area contributed by atoms with Crippen LogP contribution < -0.4 is 0 Å². The molecule has 0 saturated carbocycles. The van der Waals surface area contributed by atoms with Crippen molar-refractivity contribution in [3.63, 3.8) is 0 Å². The average Bonchev–Trinajstić information content (AvgIpc) is 2.72. The number of nitrogens with zero attached hydrogens (tertiary/aromatic N) is 2. The van der Waals surface area contributed by atoms with Crippen molar-refractivity contribution in [1.82, 2.24) is 9.78 Å². The summed E-state index contributed by atoms with van der Waals surface area (Å²) in [6.45, 7) is 3.55. The first-order valence-electron chi connectivity index (χ1n) is 5.72. The molecule has 0 N–H and O–H groups in total. The Morgan fingerprint density at radius 3 is 2.11 bits per heavy atom. The Hall–Kier alpha value is -1.85. The van der Waals surface area contributed by atoms with Gasteiger partial charge in [-0.3, -0.25) is 4.68 Å². The number of halogens is 4. The van der Waals surface area contributed by atoms with Gasteiger partial charge >= 0.3 is 0 Å². The Bertz CT molecular complexity index is 570. The quantitative estimate of drug-likeness (QED) is 0.760. The van der Waals surface area contributed by atoms with E-state index in [1.54, 1.807) is 13.8 Å². The number of alkyl halides is 2. The molecule has 0 aliphatic carbocycles. The third-order valence-corrected chi connectivity index (χ3v) is 2.66. The molecule has 1 aromatic carbocycles. The summed E-state index contributed by atoms with van der Waals surface area (Å²) in [5.74, 6) is -1.65. The Morgan fingerprint density at radius 1 is 1.05 bits per heavy atom. The third-order valence-electron chi connectivity index (χ3n) is 2.66. The van der Waals surface area contributed by atoms with E-state index in [1.807, 2.05) is 0 Å². The Morgan fingerprint density at radius 2 is 1.63 bits per heavy atom. The van der Waals surface area contributed by atoms with Gasteiger partial charge in [-0.05, 0) is 26.0 Å². The van der Waals surface area contributed by atoms with Gasteiger partial charge in [-0.15, -0.1) is 0 Å². The molecule has 0 atom stereocenters. The van der Waals surface area contributed by atoms with Crippen molar-refractivity contribution in [3.05, 3.63) is 41.6 Å². The first-order valence-corrected chi connectivity index (χ1v) is 5.72. The fourth-order valence-electron chi connectivity index (χ4n) is 1.74. The van der Waals surface area contributed by atoms with Crippen LogP contribution in [0, 0.1) is 11.6 Å². The molecule has 0 aliphatic heterocycles. The highest BCUT2D eigenvalue weighted by Gasteiger charge is 2.20. The monoisotopic (exact) mass is 272 g/mol. The maximum atomic E-state index is 13.1. The summed E-state index contributed by atoms with van der Waals surface area (Å²) in [7, 11) is 0. The standard InChI is InChI=1S/C13H12F4N2/c1-7(2)19-6-11(13(16)17)12(18-19)8-3-9(14)5-10(15)4-8/h3-7,13H,1-2H3. The molecule has 19 heavy (non-hydrogen) atoms.